The van der Waals surface area contributed by atoms with E-state index in [9.17, 15) is 28.5 Å². The van der Waals surface area contributed by atoms with Crippen molar-refractivity contribution in [2.75, 3.05) is 11.9 Å². The molecule has 0 heterocycles. The molecule has 160 valence electrons. The molecule has 0 aliphatic carbocycles. The minimum atomic E-state index is -3.05. The van der Waals surface area contributed by atoms with E-state index in [0.29, 0.717) is 0 Å². The average molecular weight is 445 g/mol. The first-order valence-corrected chi connectivity index (χ1v) is 8.66. The maximum absolute atomic E-state index is 12.2. The lowest BCUT2D eigenvalue weighted by Crippen LogP contribution is -2.31. The van der Waals surface area contributed by atoms with Crippen molar-refractivity contribution in [2.45, 2.75) is 19.6 Å². The number of rotatable bonds is 9. The van der Waals surface area contributed by atoms with Crippen LogP contribution in [0.25, 0.3) is 0 Å². The number of anilines is 1. The Bertz CT molecular complexity index is 943. The maximum atomic E-state index is 12.2. The summed E-state index contributed by atoms with van der Waals surface area (Å²) in [5.74, 6) is -2.06. The molecule has 2 aromatic rings. The summed E-state index contributed by atoms with van der Waals surface area (Å²) in [5.41, 5.74) is -0.169. The third-order valence-corrected chi connectivity index (χ3v) is 3.80. The highest BCUT2D eigenvalue weighted by Gasteiger charge is 2.20. The number of nitro benzene ring substituents is 1. The van der Waals surface area contributed by atoms with Gasteiger partial charge in [0.1, 0.15) is 5.75 Å². The van der Waals surface area contributed by atoms with Crippen molar-refractivity contribution in [3.63, 3.8) is 0 Å². The molecule has 1 atom stereocenters. The second-order valence-electron chi connectivity index (χ2n) is 5.66. The number of hydrogen-bond acceptors (Lipinski definition) is 7. The van der Waals surface area contributed by atoms with Crippen LogP contribution in [0.4, 0.5) is 20.2 Å². The van der Waals surface area contributed by atoms with Crippen LogP contribution in [-0.4, -0.2) is 36.1 Å². The second-order valence-corrected chi connectivity index (χ2v) is 6.07. The number of ether oxygens (including phenoxy) is 3. The van der Waals surface area contributed by atoms with Crippen molar-refractivity contribution in [2.24, 2.45) is 0 Å². The second kappa shape index (κ2) is 10.3. The predicted molar refractivity (Wildman–Crippen MR) is 101 cm³/mol. The number of nitrogens with zero attached hydrogens (tertiary/aromatic N) is 1. The summed E-state index contributed by atoms with van der Waals surface area (Å²) in [4.78, 5) is 34.2. The van der Waals surface area contributed by atoms with Gasteiger partial charge < -0.3 is 19.5 Å². The number of hydrogen-bond donors (Lipinski definition) is 1. The number of esters is 1. The molecule has 2 rings (SSSR count). The molecule has 0 saturated heterocycles. The van der Waals surface area contributed by atoms with E-state index in [-0.39, 0.29) is 27.9 Å². The molecule has 1 unspecified atom stereocenters. The molecule has 1 N–H and O–H groups in total. The number of nitro groups is 1. The summed E-state index contributed by atoms with van der Waals surface area (Å²) < 4.78 is 38.6. The molecule has 0 radical (unpaired) electrons. The Kier molecular flexibility index (Phi) is 7.87. The number of carbonyl (C=O) groups is 2. The van der Waals surface area contributed by atoms with Crippen LogP contribution in [0, 0.1) is 10.1 Å². The summed E-state index contributed by atoms with van der Waals surface area (Å²) in [6, 6.07) is 9.05. The summed E-state index contributed by atoms with van der Waals surface area (Å²) in [6.45, 7) is -2.43. The third-order valence-electron chi connectivity index (χ3n) is 3.50. The number of alkyl halides is 2. The maximum Gasteiger partial charge on any atom is 0.387 e. The minimum absolute atomic E-state index is 0.127. The van der Waals surface area contributed by atoms with Gasteiger partial charge >= 0.3 is 18.3 Å². The fourth-order valence-electron chi connectivity index (χ4n) is 2.17. The van der Waals surface area contributed by atoms with Crippen molar-refractivity contribution in [3.8, 4) is 11.5 Å². The molecular formula is C18H15ClF2N2O7. The number of carbonyl (C=O) groups excluding carboxylic acids is 2. The Balaban J connectivity index is 1.89. The third kappa shape index (κ3) is 6.55. The highest BCUT2D eigenvalue weighted by Crippen LogP contribution is 2.29. The molecule has 2 aromatic carbocycles. The smallest absolute Gasteiger partial charge is 0.387 e. The Morgan fingerprint density at radius 3 is 2.53 bits per heavy atom. The van der Waals surface area contributed by atoms with Crippen LogP contribution in [0.2, 0.25) is 5.02 Å². The lowest BCUT2D eigenvalue weighted by molar-refractivity contribution is -0.385. The highest BCUT2D eigenvalue weighted by molar-refractivity contribution is 6.32. The van der Waals surface area contributed by atoms with Gasteiger partial charge in [0, 0.05) is 11.8 Å². The van der Waals surface area contributed by atoms with Gasteiger partial charge in [0.15, 0.2) is 18.5 Å². The van der Waals surface area contributed by atoms with Gasteiger partial charge in [-0.25, -0.2) is 4.79 Å². The van der Waals surface area contributed by atoms with Crippen LogP contribution >= 0.6 is 11.6 Å². The summed E-state index contributed by atoms with van der Waals surface area (Å²) >= 11 is 5.80. The van der Waals surface area contributed by atoms with Crippen LogP contribution in [0.1, 0.15) is 6.92 Å². The van der Waals surface area contributed by atoms with Crippen LogP contribution in [0.5, 0.6) is 11.5 Å². The summed E-state index contributed by atoms with van der Waals surface area (Å²) in [5, 5.41) is 13.1. The van der Waals surface area contributed by atoms with Gasteiger partial charge in [-0.1, -0.05) is 23.7 Å². The lowest BCUT2D eigenvalue weighted by atomic mass is 10.2. The molecule has 9 nitrogen and oxygen atoms in total. The zero-order valence-electron chi connectivity index (χ0n) is 15.3. The van der Waals surface area contributed by atoms with Gasteiger partial charge in [-0.15, -0.1) is 0 Å². The molecule has 0 saturated carbocycles. The number of nitrogens with one attached hydrogen (secondary N) is 1. The molecule has 0 bridgehead atoms. The van der Waals surface area contributed by atoms with Gasteiger partial charge in [-0.2, -0.15) is 8.78 Å². The Hall–Kier alpha value is -3.47. The lowest BCUT2D eigenvalue weighted by Gasteiger charge is -2.14. The molecule has 0 aromatic heterocycles. The van der Waals surface area contributed by atoms with E-state index in [1.165, 1.54) is 43.3 Å². The Morgan fingerprint density at radius 2 is 1.90 bits per heavy atom. The average Bonchev–Trinajstić information content (AvgIpc) is 2.68. The van der Waals surface area contributed by atoms with Gasteiger partial charge in [0.05, 0.1) is 9.95 Å². The number of benzene rings is 2. The molecule has 1 amide bonds. The molecule has 30 heavy (non-hydrogen) atoms. The minimum Gasteiger partial charge on any atom is -0.475 e. The van der Waals surface area contributed by atoms with Crippen LogP contribution < -0.4 is 14.8 Å². The zero-order valence-corrected chi connectivity index (χ0v) is 16.1. The fraction of sp³-hybridized carbons (Fsp3) is 0.222. The van der Waals surface area contributed by atoms with E-state index in [4.69, 9.17) is 21.1 Å². The number of amides is 1. The van der Waals surface area contributed by atoms with Crippen molar-refractivity contribution in [1.82, 2.24) is 0 Å². The van der Waals surface area contributed by atoms with E-state index in [1.54, 1.807) is 0 Å². The summed E-state index contributed by atoms with van der Waals surface area (Å²) in [6.07, 6.45) is -1.25. The van der Waals surface area contributed by atoms with E-state index < -0.39 is 36.1 Å². The molecule has 0 aliphatic heterocycles. The van der Waals surface area contributed by atoms with Crippen molar-refractivity contribution in [1.29, 1.82) is 0 Å². The quantitative estimate of drug-likeness (QED) is 0.355. The largest absolute Gasteiger partial charge is 0.475 e. The van der Waals surface area contributed by atoms with Crippen LogP contribution in [0.15, 0.2) is 42.5 Å². The van der Waals surface area contributed by atoms with Crippen molar-refractivity contribution in [3.05, 3.63) is 57.6 Å². The number of halogens is 3. The van der Waals surface area contributed by atoms with E-state index in [2.05, 4.69) is 10.1 Å². The Morgan fingerprint density at radius 1 is 1.20 bits per heavy atom. The van der Waals surface area contributed by atoms with E-state index in [0.717, 1.165) is 6.07 Å². The zero-order chi connectivity index (χ0) is 22.3. The predicted octanol–water partition coefficient (Wildman–Crippen LogP) is 3.80. The normalized spacial score (nSPS) is 11.5. The topological polar surface area (TPSA) is 117 Å². The first-order chi connectivity index (χ1) is 14.2. The van der Waals surface area contributed by atoms with Crippen LogP contribution in [0.3, 0.4) is 0 Å². The van der Waals surface area contributed by atoms with Crippen molar-refractivity contribution >= 4 is 34.9 Å². The fourth-order valence-corrected chi connectivity index (χ4v) is 2.39. The van der Waals surface area contributed by atoms with Gasteiger partial charge in [0.25, 0.3) is 5.91 Å². The van der Waals surface area contributed by atoms with E-state index >= 15 is 0 Å². The highest BCUT2D eigenvalue weighted by atomic mass is 35.5. The van der Waals surface area contributed by atoms with Gasteiger partial charge in [-0.3, -0.25) is 14.9 Å². The molecule has 0 fully saturated rings. The molecule has 0 spiro atoms. The molecule has 0 aliphatic rings. The number of para-hydroxylation sites is 2. The van der Waals surface area contributed by atoms with E-state index in [1.807, 2.05) is 0 Å². The summed E-state index contributed by atoms with van der Waals surface area (Å²) in [7, 11) is 0. The molecular weight excluding hydrogens is 430 g/mol. The first-order valence-electron chi connectivity index (χ1n) is 8.28. The molecule has 12 heteroatoms. The monoisotopic (exact) mass is 444 g/mol. The van der Waals surface area contributed by atoms with Crippen molar-refractivity contribution < 1.29 is 37.5 Å². The Labute approximate surface area is 173 Å². The van der Waals surface area contributed by atoms with Gasteiger partial charge in [-0.05, 0) is 31.2 Å². The first kappa shape index (κ1) is 22.8. The van der Waals surface area contributed by atoms with Crippen LogP contribution in [-0.2, 0) is 14.3 Å². The standard InChI is InChI=1S/C18H15ClF2N2O7/c1-10(17(25)22-11-6-7-14(12(19)8-11)30-18(20)21)29-16(24)9-28-15-5-3-2-4-13(15)23(26)27/h2-8,10,18H,9H2,1H3,(H,22,25). The van der Waals surface area contributed by atoms with Gasteiger partial charge in [0.2, 0.25) is 0 Å². The SMILES string of the molecule is CC(OC(=O)COc1ccccc1[N+](=O)[O-])C(=O)Nc1ccc(OC(F)F)c(Cl)c1.